The summed E-state index contributed by atoms with van der Waals surface area (Å²) in [6.07, 6.45) is 0.122. The van der Waals surface area contributed by atoms with E-state index in [0.717, 1.165) is 0 Å². The largest absolute Gasteiger partial charge is 0.398 e. The number of halogens is 2. The van der Waals surface area contributed by atoms with E-state index >= 15 is 0 Å². The third kappa shape index (κ3) is 6.94. The third-order valence-corrected chi connectivity index (χ3v) is 7.97. The molecule has 1 amide bonds. The normalized spacial score (nSPS) is 12.2. The predicted molar refractivity (Wildman–Crippen MR) is 106 cm³/mol. The maximum atomic E-state index is 11.9. The summed E-state index contributed by atoms with van der Waals surface area (Å²) in [7, 11) is -6.71. The summed E-state index contributed by atoms with van der Waals surface area (Å²) in [6, 6.07) is 2.97. The van der Waals surface area contributed by atoms with Crippen LogP contribution >= 0.6 is 23.2 Å². The van der Waals surface area contributed by atoms with Crippen LogP contribution in [0.3, 0.4) is 0 Å². The monoisotopic (exact) mass is 444 g/mol. The molecule has 0 spiro atoms. The smallest absolute Gasteiger partial charge is 0.249 e. The van der Waals surface area contributed by atoms with Crippen molar-refractivity contribution in [3.05, 3.63) is 28.8 Å². The summed E-state index contributed by atoms with van der Waals surface area (Å²) in [5.41, 5.74) is 12.5. The summed E-state index contributed by atoms with van der Waals surface area (Å²) in [5.74, 6) is -1.47. The molecule has 26 heavy (non-hydrogen) atoms. The highest BCUT2D eigenvalue weighted by Gasteiger charge is 2.19. The Labute approximate surface area is 163 Å². The number of carbonyl (C=O) groups excluding carboxylic acids is 1. The van der Waals surface area contributed by atoms with Crippen molar-refractivity contribution < 1.29 is 21.6 Å². The van der Waals surface area contributed by atoms with E-state index in [0.29, 0.717) is 11.1 Å². The van der Waals surface area contributed by atoms with E-state index in [9.17, 15) is 21.6 Å². The van der Waals surface area contributed by atoms with Crippen LogP contribution in [0, 0.1) is 0 Å². The van der Waals surface area contributed by atoms with Crippen LogP contribution in [0.1, 0.15) is 21.5 Å². The standard InChI is InChI=1S/C15H22Cl2N2O5S2/c16-5-9-25(21,22)7-3-11-1-2-13(15(19)20)12(14(11)18)4-8-26(23,24)10-6-17/h1-2H,3-10,18H2,(H2,19,20). The molecule has 0 aliphatic carbocycles. The van der Waals surface area contributed by atoms with Crippen molar-refractivity contribution in [2.24, 2.45) is 5.73 Å². The fraction of sp³-hybridized carbons (Fsp3) is 0.533. The Kier molecular flexibility index (Phi) is 8.65. The number of carbonyl (C=O) groups is 1. The van der Waals surface area contributed by atoms with Gasteiger partial charge in [-0.05, 0) is 30.0 Å². The number of alkyl halides is 2. The van der Waals surface area contributed by atoms with Crippen molar-refractivity contribution in [3.63, 3.8) is 0 Å². The van der Waals surface area contributed by atoms with Gasteiger partial charge in [0, 0.05) is 23.0 Å². The molecule has 0 atom stereocenters. The maximum Gasteiger partial charge on any atom is 0.249 e. The van der Waals surface area contributed by atoms with Crippen LogP contribution in [-0.2, 0) is 32.5 Å². The highest BCUT2D eigenvalue weighted by atomic mass is 35.5. The predicted octanol–water partition coefficient (Wildman–Crippen LogP) is 0.760. The maximum absolute atomic E-state index is 11.9. The van der Waals surface area contributed by atoms with Crippen LogP contribution in [0.5, 0.6) is 0 Å². The number of sulfone groups is 2. The highest BCUT2D eigenvalue weighted by molar-refractivity contribution is 7.91. The minimum atomic E-state index is -3.39. The molecular formula is C15H22Cl2N2O5S2. The van der Waals surface area contributed by atoms with Gasteiger partial charge in [0.1, 0.15) is 0 Å². The van der Waals surface area contributed by atoms with Gasteiger partial charge in [-0.15, -0.1) is 23.2 Å². The minimum absolute atomic E-state index is 0.00209. The molecule has 0 fully saturated rings. The second kappa shape index (κ2) is 9.77. The second-order valence-electron chi connectivity index (χ2n) is 5.71. The molecule has 0 saturated carbocycles. The first-order valence-electron chi connectivity index (χ1n) is 7.76. The van der Waals surface area contributed by atoms with Gasteiger partial charge in [-0.1, -0.05) is 6.07 Å². The number of anilines is 1. The zero-order valence-corrected chi connectivity index (χ0v) is 17.2. The Balaban J connectivity index is 3.12. The minimum Gasteiger partial charge on any atom is -0.398 e. The summed E-state index contributed by atoms with van der Waals surface area (Å²) in [4.78, 5) is 11.6. The number of nitrogen functional groups attached to an aromatic ring is 1. The van der Waals surface area contributed by atoms with E-state index in [1.807, 2.05) is 0 Å². The molecule has 11 heteroatoms. The third-order valence-electron chi connectivity index (χ3n) is 3.83. The zero-order valence-electron chi connectivity index (χ0n) is 14.1. The topological polar surface area (TPSA) is 137 Å². The van der Waals surface area contributed by atoms with Gasteiger partial charge in [0.05, 0.1) is 23.0 Å². The van der Waals surface area contributed by atoms with Gasteiger partial charge in [-0.25, -0.2) is 16.8 Å². The van der Waals surface area contributed by atoms with Crippen LogP contribution in [0.4, 0.5) is 5.69 Å². The van der Waals surface area contributed by atoms with Gasteiger partial charge in [0.25, 0.3) is 0 Å². The van der Waals surface area contributed by atoms with Gasteiger partial charge in [-0.3, -0.25) is 4.79 Å². The number of hydrogen-bond donors (Lipinski definition) is 2. The quantitative estimate of drug-likeness (QED) is 0.381. The molecule has 0 unspecified atom stereocenters. The molecule has 0 aliphatic heterocycles. The van der Waals surface area contributed by atoms with Gasteiger partial charge >= 0.3 is 0 Å². The van der Waals surface area contributed by atoms with E-state index < -0.39 is 25.6 Å². The number of primary amides is 1. The summed E-state index contributed by atoms with van der Waals surface area (Å²) in [5, 5.41) is 0. The fourth-order valence-corrected chi connectivity index (χ4v) is 5.73. The van der Waals surface area contributed by atoms with Crippen molar-refractivity contribution in [1.29, 1.82) is 0 Å². The van der Waals surface area contributed by atoms with Gasteiger partial charge in [0.15, 0.2) is 19.7 Å². The Morgan fingerprint density at radius 3 is 1.85 bits per heavy atom. The van der Waals surface area contributed by atoms with Gasteiger partial charge in [0.2, 0.25) is 5.91 Å². The van der Waals surface area contributed by atoms with Crippen molar-refractivity contribution >= 4 is 54.5 Å². The van der Waals surface area contributed by atoms with E-state index in [2.05, 4.69) is 0 Å². The average Bonchev–Trinajstić information content (AvgIpc) is 2.52. The lowest BCUT2D eigenvalue weighted by atomic mass is 9.97. The van der Waals surface area contributed by atoms with Crippen molar-refractivity contribution in [2.75, 3.05) is 40.5 Å². The number of nitrogens with two attached hydrogens (primary N) is 2. The van der Waals surface area contributed by atoms with Gasteiger partial charge in [-0.2, -0.15) is 0 Å². The number of benzene rings is 1. The van der Waals surface area contributed by atoms with Crippen molar-refractivity contribution in [3.8, 4) is 0 Å². The summed E-state index contributed by atoms with van der Waals surface area (Å²) < 4.78 is 47.4. The molecule has 0 aliphatic rings. The highest BCUT2D eigenvalue weighted by Crippen LogP contribution is 2.24. The Bertz CT molecular complexity index is 855. The molecule has 0 aromatic heterocycles. The molecule has 0 heterocycles. The summed E-state index contributed by atoms with van der Waals surface area (Å²) in [6.45, 7) is 0. The van der Waals surface area contributed by atoms with E-state index in [1.54, 1.807) is 0 Å². The molecule has 1 aromatic carbocycles. The Hall–Kier alpha value is -1.03. The first kappa shape index (κ1) is 23.0. The lowest BCUT2D eigenvalue weighted by Crippen LogP contribution is -2.20. The molecular weight excluding hydrogens is 423 g/mol. The number of aryl methyl sites for hydroxylation is 1. The van der Waals surface area contributed by atoms with Crippen molar-refractivity contribution in [2.45, 2.75) is 12.8 Å². The van der Waals surface area contributed by atoms with Crippen LogP contribution in [0.15, 0.2) is 12.1 Å². The van der Waals surface area contributed by atoms with Crippen molar-refractivity contribution in [1.82, 2.24) is 0 Å². The Morgan fingerprint density at radius 2 is 1.38 bits per heavy atom. The SMILES string of the molecule is NC(=O)c1ccc(CCS(=O)(=O)CCCl)c(N)c1CCS(=O)(=O)CCCl. The molecule has 1 aromatic rings. The summed E-state index contributed by atoms with van der Waals surface area (Å²) >= 11 is 10.9. The first-order chi connectivity index (χ1) is 12.0. The van der Waals surface area contributed by atoms with Crippen LogP contribution in [0.25, 0.3) is 0 Å². The molecule has 0 bridgehead atoms. The Morgan fingerprint density at radius 1 is 0.885 bits per heavy atom. The van der Waals surface area contributed by atoms with Crippen LogP contribution in [-0.4, -0.2) is 57.5 Å². The molecule has 4 N–H and O–H groups in total. The average molecular weight is 445 g/mol. The van der Waals surface area contributed by atoms with E-state index in [4.69, 9.17) is 34.7 Å². The molecule has 0 radical (unpaired) electrons. The number of amides is 1. The lowest BCUT2D eigenvalue weighted by molar-refractivity contribution is 0.0999. The molecule has 1 rings (SSSR count). The molecule has 148 valence electrons. The zero-order chi connectivity index (χ0) is 20.0. The second-order valence-corrected chi connectivity index (χ2v) is 11.1. The van der Waals surface area contributed by atoms with E-state index in [-0.39, 0.29) is 58.9 Å². The molecule has 7 nitrogen and oxygen atoms in total. The van der Waals surface area contributed by atoms with E-state index in [1.165, 1.54) is 12.1 Å². The first-order valence-corrected chi connectivity index (χ1v) is 12.5. The van der Waals surface area contributed by atoms with Crippen LogP contribution in [0.2, 0.25) is 0 Å². The fourth-order valence-electron chi connectivity index (χ4n) is 2.39. The molecule has 0 saturated heterocycles. The van der Waals surface area contributed by atoms with Gasteiger partial charge < -0.3 is 11.5 Å². The van der Waals surface area contributed by atoms with Crippen LogP contribution < -0.4 is 11.5 Å². The lowest BCUT2D eigenvalue weighted by Gasteiger charge is -2.15. The number of rotatable bonds is 11. The number of hydrogen-bond acceptors (Lipinski definition) is 6.